The highest BCUT2D eigenvalue weighted by atomic mass is 16.3. The molecule has 0 heterocycles. The number of hydrogen-bond donors (Lipinski definition) is 1. The van der Waals surface area contributed by atoms with E-state index in [1.54, 1.807) is 0 Å². The molecule has 15 heavy (non-hydrogen) atoms. The lowest BCUT2D eigenvalue weighted by atomic mass is 9.88. The fourth-order valence-corrected chi connectivity index (χ4v) is 2.05. The van der Waals surface area contributed by atoms with E-state index in [0.717, 1.165) is 11.5 Å². The number of benzene rings is 1. The van der Waals surface area contributed by atoms with Crippen LogP contribution in [-0.2, 0) is 6.61 Å². The lowest BCUT2D eigenvalue weighted by molar-refractivity contribution is 0.281. The van der Waals surface area contributed by atoms with Gasteiger partial charge in [-0.05, 0) is 35.8 Å². The van der Waals surface area contributed by atoms with Crippen molar-refractivity contribution in [2.45, 2.75) is 46.1 Å². The van der Waals surface area contributed by atoms with E-state index in [1.807, 2.05) is 12.1 Å². The standard InChI is InChI=1S/C14H22O/c1-4-13(8-11(2)3)14-7-5-6-12(9-14)10-15/h5-7,9,11,13,15H,4,8,10H2,1-3H3. The Kier molecular flexibility index (Phi) is 4.83. The largest absolute Gasteiger partial charge is 0.392 e. The van der Waals surface area contributed by atoms with Crippen LogP contribution in [0.3, 0.4) is 0 Å². The van der Waals surface area contributed by atoms with Crippen LogP contribution in [-0.4, -0.2) is 5.11 Å². The van der Waals surface area contributed by atoms with Gasteiger partial charge in [0.25, 0.3) is 0 Å². The molecule has 0 aliphatic heterocycles. The smallest absolute Gasteiger partial charge is 0.0681 e. The third-order valence-corrected chi connectivity index (χ3v) is 2.85. The summed E-state index contributed by atoms with van der Waals surface area (Å²) in [6, 6.07) is 8.34. The van der Waals surface area contributed by atoms with E-state index < -0.39 is 0 Å². The highest BCUT2D eigenvalue weighted by molar-refractivity contribution is 5.26. The SMILES string of the molecule is CCC(CC(C)C)c1cccc(CO)c1. The fourth-order valence-electron chi connectivity index (χ4n) is 2.05. The number of aliphatic hydroxyl groups excluding tert-OH is 1. The summed E-state index contributed by atoms with van der Waals surface area (Å²) < 4.78 is 0. The minimum absolute atomic E-state index is 0.145. The molecule has 0 amide bonds. The van der Waals surface area contributed by atoms with E-state index in [4.69, 9.17) is 5.11 Å². The molecule has 1 unspecified atom stereocenters. The maximum atomic E-state index is 9.10. The molecule has 0 aliphatic rings. The normalized spacial score (nSPS) is 13.1. The number of aliphatic hydroxyl groups is 1. The minimum atomic E-state index is 0.145. The highest BCUT2D eigenvalue weighted by Gasteiger charge is 2.11. The van der Waals surface area contributed by atoms with Crippen molar-refractivity contribution < 1.29 is 5.11 Å². The zero-order valence-electron chi connectivity index (χ0n) is 10.0. The maximum absolute atomic E-state index is 9.10. The zero-order valence-corrected chi connectivity index (χ0v) is 10.0. The van der Waals surface area contributed by atoms with E-state index in [2.05, 4.69) is 32.9 Å². The Hall–Kier alpha value is -0.820. The second-order valence-electron chi connectivity index (χ2n) is 4.64. The predicted octanol–water partition coefficient (Wildman–Crippen LogP) is 3.72. The maximum Gasteiger partial charge on any atom is 0.0681 e. The third-order valence-electron chi connectivity index (χ3n) is 2.85. The molecule has 1 aromatic rings. The average Bonchev–Trinajstić information content (AvgIpc) is 2.25. The lowest BCUT2D eigenvalue weighted by Crippen LogP contribution is -2.02. The summed E-state index contributed by atoms with van der Waals surface area (Å²) in [5.74, 6) is 1.37. The Morgan fingerprint density at radius 1 is 1.27 bits per heavy atom. The van der Waals surface area contributed by atoms with Crippen LogP contribution in [0.5, 0.6) is 0 Å². The van der Waals surface area contributed by atoms with Crippen LogP contribution in [0, 0.1) is 5.92 Å². The molecule has 0 saturated carbocycles. The first-order valence-electron chi connectivity index (χ1n) is 5.87. The van der Waals surface area contributed by atoms with Gasteiger partial charge in [-0.3, -0.25) is 0 Å². The Balaban J connectivity index is 2.81. The molecule has 1 atom stereocenters. The summed E-state index contributed by atoms with van der Waals surface area (Å²) in [7, 11) is 0. The molecule has 0 bridgehead atoms. The van der Waals surface area contributed by atoms with Crippen molar-refractivity contribution in [3.8, 4) is 0 Å². The van der Waals surface area contributed by atoms with Gasteiger partial charge in [0.15, 0.2) is 0 Å². The number of hydrogen-bond acceptors (Lipinski definition) is 1. The molecular formula is C14H22O. The van der Waals surface area contributed by atoms with Gasteiger partial charge in [-0.2, -0.15) is 0 Å². The van der Waals surface area contributed by atoms with Crippen LogP contribution < -0.4 is 0 Å². The van der Waals surface area contributed by atoms with Gasteiger partial charge in [0.05, 0.1) is 6.61 Å². The van der Waals surface area contributed by atoms with Gasteiger partial charge in [0.2, 0.25) is 0 Å². The van der Waals surface area contributed by atoms with Crippen LogP contribution in [0.15, 0.2) is 24.3 Å². The molecule has 1 heteroatoms. The summed E-state index contributed by atoms with van der Waals surface area (Å²) in [5, 5.41) is 9.10. The van der Waals surface area contributed by atoms with Crippen molar-refractivity contribution in [2.24, 2.45) is 5.92 Å². The molecule has 0 spiro atoms. The molecule has 1 N–H and O–H groups in total. The molecule has 1 rings (SSSR count). The molecule has 0 aliphatic carbocycles. The van der Waals surface area contributed by atoms with Crippen molar-refractivity contribution in [1.82, 2.24) is 0 Å². The first-order chi connectivity index (χ1) is 7.17. The topological polar surface area (TPSA) is 20.2 Å². The van der Waals surface area contributed by atoms with Gasteiger partial charge >= 0.3 is 0 Å². The first kappa shape index (κ1) is 12.3. The van der Waals surface area contributed by atoms with Gasteiger partial charge in [-0.1, -0.05) is 45.0 Å². The quantitative estimate of drug-likeness (QED) is 0.778. The summed E-state index contributed by atoms with van der Waals surface area (Å²) in [6.45, 7) is 6.90. The molecule has 1 nitrogen and oxygen atoms in total. The summed E-state index contributed by atoms with van der Waals surface area (Å²) in [5.41, 5.74) is 2.40. The Bertz CT molecular complexity index is 291. The van der Waals surface area contributed by atoms with Crippen LogP contribution in [0.2, 0.25) is 0 Å². The van der Waals surface area contributed by atoms with Crippen molar-refractivity contribution in [2.75, 3.05) is 0 Å². The van der Waals surface area contributed by atoms with Crippen LogP contribution in [0.4, 0.5) is 0 Å². The number of rotatable bonds is 5. The summed E-state index contributed by atoms with van der Waals surface area (Å²) >= 11 is 0. The lowest BCUT2D eigenvalue weighted by Gasteiger charge is -2.18. The molecule has 0 aromatic heterocycles. The van der Waals surface area contributed by atoms with Gasteiger partial charge in [-0.25, -0.2) is 0 Å². The summed E-state index contributed by atoms with van der Waals surface area (Å²) in [4.78, 5) is 0. The van der Waals surface area contributed by atoms with Crippen LogP contribution in [0.25, 0.3) is 0 Å². The molecule has 0 saturated heterocycles. The minimum Gasteiger partial charge on any atom is -0.392 e. The molecule has 1 aromatic carbocycles. The van der Waals surface area contributed by atoms with E-state index in [1.165, 1.54) is 18.4 Å². The monoisotopic (exact) mass is 206 g/mol. The van der Waals surface area contributed by atoms with Crippen molar-refractivity contribution in [1.29, 1.82) is 0 Å². The molecule has 0 fully saturated rings. The second-order valence-corrected chi connectivity index (χ2v) is 4.64. The van der Waals surface area contributed by atoms with Gasteiger partial charge in [0.1, 0.15) is 0 Å². The summed E-state index contributed by atoms with van der Waals surface area (Å²) in [6.07, 6.45) is 2.40. The van der Waals surface area contributed by atoms with Gasteiger partial charge in [-0.15, -0.1) is 0 Å². The Morgan fingerprint density at radius 3 is 2.53 bits per heavy atom. The van der Waals surface area contributed by atoms with Crippen molar-refractivity contribution >= 4 is 0 Å². The van der Waals surface area contributed by atoms with Gasteiger partial charge < -0.3 is 5.11 Å². The van der Waals surface area contributed by atoms with Crippen LogP contribution >= 0.6 is 0 Å². The van der Waals surface area contributed by atoms with E-state index >= 15 is 0 Å². The molecule has 0 radical (unpaired) electrons. The predicted molar refractivity (Wildman–Crippen MR) is 64.9 cm³/mol. The van der Waals surface area contributed by atoms with Crippen LogP contribution in [0.1, 0.15) is 50.7 Å². The second kappa shape index (κ2) is 5.92. The van der Waals surface area contributed by atoms with Crippen molar-refractivity contribution in [3.05, 3.63) is 35.4 Å². The Morgan fingerprint density at radius 2 is 2.00 bits per heavy atom. The molecule has 84 valence electrons. The van der Waals surface area contributed by atoms with E-state index in [0.29, 0.717) is 5.92 Å². The molecular weight excluding hydrogens is 184 g/mol. The highest BCUT2D eigenvalue weighted by Crippen LogP contribution is 2.27. The fraction of sp³-hybridized carbons (Fsp3) is 0.571. The zero-order chi connectivity index (χ0) is 11.3. The van der Waals surface area contributed by atoms with E-state index in [-0.39, 0.29) is 6.61 Å². The van der Waals surface area contributed by atoms with E-state index in [9.17, 15) is 0 Å². The third kappa shape index (κ3) is 3.67. The first-order valence-corrected chi connectivity index (χ1v) is 5.87. The van der Waals surface area contributed by atoms with Crippen molar-refractivity contribution in [3.63, 3.8) is 0 Å². The van der Waals surface area contributed by atoms with Gasteiger partial charge in [0, 0.05) is 0 Å². The average molecular weight is 206 g/mol. The Labute approximate surface area is 93.1 Å².